The monoisotopic (exact) mass is 473 g/mol. The fourth-order valence-electron chi connectivity index (χ4n) is 3.59. The number of nitrogens with zero attached hydrogens (tertiary/aromatic N) is 2. The zero-order chi connectivity index (χ0) is 25.0. The van der Waals surface area contributed by atoms with Crippen LogP contribution in [0.5, 0.6) is 0 Å². The lowest BCUT2D eigenvalue weighted by atomic mass is 10.0. The van der Waals surface area contributed by atoms with E-state index in [-0.39, 0.29) is 23.9 Å². The van der Waals surface area contributed by atoms with Crippen LogP contribution in [0.15, 0.2) is 79.3 Å². The van der Waals surface area contributed by atoms with Gasteiger partial charge >= 0.3 is 0 Å². The Bertz CT molecular complexity index is 1090. The van der Waals surface area contributed by atoms with Crippen molar-refractivity contribution in [2.75, 3.05) is 0 Å². The minimum absolute atomic E-state index is 0.109. The van der Waals surface area contributed by atoms with Gasteiger partial charge in [0.05, 0.1) is 6.20 Å². The van der Waals surface area contributed by atoms with Gasteiger partial charge in [-0.15, -0.1) is 0 Å². The Hall–Kier alpha value is -4.07. The molecule has 0 unspecified atom stereocenters. The number of rotatable bonds is 11. The number of carbonyl (C=O) groups excluding carboxylic acids is 3. The molecular formula is C27H31N5O3. The van der Waals surface area contributed by atoms with Crippen LogP contribution in [0.2, 0.25) is 0 Å². The summed E-state index contributed by atoms with van der Waals surface area (Å²) >= 11 is 0. The number of hydrogen-bond donors (Lipinski definition) is 3. The van der Waals surface area contributed by atoms with Crippen LogP contribution in [-0.4, -0.2) is 39.8 Å². The number of aromatic nitrogens is 2. The second-order valence-corrected chi connectivity index (χ2v) is 8.70. The predicted octanol–water partition coefficient (Wildman–Crippen LogP) is 2.67. The summed E-state index contributed by atoms with van der Waals surface area (Å²) in [5, 5.41) is 8.52. The summed E-state index contributed by atoms with van der Waals surface area (Å²) in [6.45, 7) is 4.34. The molecule has 8 heteroatoms. The zero-order valence-corrected chi connectivity index (χ0v) is 20.0. The molecule has 182 valence electrons. The maximum atomic E-state index is 13.3. The largest absolute Gasteiger partial charge is 0.350 e. The van der Waals surface area contributed by atoms with E-state index in [1.54, 1.807) is 0 Å². The minimum atomic E-state index is -0.900. The van der Waals surface area contributed by atoms with Gasteiger partial charge in [0.25, 0.3) is 5.91 Å². The van der Waals surface area contributed by atoms with E-state index in [1.807, 2.05) is 74.5 Å². The molecule has 0 bridgehead atoms. The number of benzene rings is 2. The first-order chi connectivity index (χ1) is 16.9. The van der Waals surface area contributed by atoms with Gasteiger partial charge < -0.3 is 16.0 Å². The van der Waals surface area contributed by atoms with Crippen molar-refractivity contribution in [1.29, 1.82) is 0 Å². The highest BCUT2D eigenvalue weighted by Crippen LogP contribution is 2.09. The second kappa shape index (κ2) is 13.0. The van der Waals surface area contributed by atoms with Crippen molar-refractivity contribution in [3.05, 3.63) is 96.1 Å². The van der Waals surface area contributed by atoms with E-state index in [1.165, 1.54) is 18.6 Å². The SMILES string of the molecule is CC(C)C[C@H](NC(=O)[C@H](Cc1ccccc1)NC(=O)c1cnccn1)C(=O)NCc1ccccc1. The lowest BCUT2D eigenvalue weighted by Gasteiger charge is -2.24. The summed E-state index contributed by atoms with van der Waals surface area (Å²) in [5.74, 6) is -1.05. The summed E-state index contributed by atoms with van der Waals surface area (Å²) in [6.07, 6.45) is 4.94. The van der Waals surface area contributed by atoms with Gasteiger partial charge in [0.1, 0.15) is 17.8 Å². The molecule has 0 saturated carbocycles. The molecule has 2 atom stereocenters. The first-order valence-corrected chi connectivity index (χ1v) is 11.6. The molecule has 0 aliphatic rings. The number of hydrogen-bond acceptors (Lipinski definition) is 5. The van der Waals surface area contributed by atoms with Crippen molar-refractivity contribution in [3.8, 4) is 0 Å². The van der Waals surface area contributed by atoms with Gasteiger partial charge in [-0.3, -0.25) is 19.4 Å². The maximum Gasteiger partial charge on any atom is 0.272 e. The highest BCUT2D eigenvalue weighted by molar-refractivity contribution is 5.97. The Morgan fingerprint density at radius 3 is 2.06 bits per heavy atom. The van der Waals surface area contributed by atoms with E-state index in [4.69, 9.17) is 0 Å². The van der Waals surface area contributed by atoms with Crippen LogP contribution in [0.3, 0.4) is 0 Å². The normalized spacial score (nSPS) is 12.4. The maximum absolute atomic E-state index is 13.3. The van der Waals surface area contributed by atoms with Crippen molar-refractivity contribution in [2.24, 2.45) is 5.92 Å². The van der Waals surface area contributed by atoms with Gasteiger partial charge in [0.15, 0.2) is 0 Å². The highest BCUT2D eigenvalue weighted by atomic mass is 16.2. The molecule has 1 heterocycles. The third kappa shape index (κ3) is 8.33. The first kappa shape index (κ1) is 25.6. The Morgan fingerprint density at radius 1 is 0.800 bits per heavy atom. The second-order valence-electron chi connectivity index (χ2n) is 8.70. The van der Waals surface area contributed by atoms with Crippen LogP contribution in [0.4, 0.5) is 0 Å². The molecule has 3 amide bonds. The molecular weight excluding hydrogens is 442 g/mol. The average Bonchev–Trinajstić information content (AvgIpc) is 2.88. The van der Waals surface area contributed by atoms with Crippen LogP contribution in [-0.2, 0) is 22.6 Å². The van der Waals surface area contributed by atoms with Crippen molar-refractivity contribution in [3.63, 3.8) is 0 Å². The standard InChI is InChI=1S/C27H31N5O3/c1-19(2)15-22(25(33)30-17-21-11-7-4-8-12-21)31-26(34)23(16-20-9-5-3-6-10-20)32-27(35)24-18-28-13-14-29-24/h3-14,18-19,22-23H,15-17H2,1-2H3,(H,30,33)(H,31,34)(H,32,35)/t22-,23-/m0/s1. The molecule has 3 aromatic rings. The first-order valence-electron chi connectivity index (χ1n) is 11.6. The van der Waals surface area contributed by atoms with E-state index >= 15 is 0 Å². The summed E-state index contributed by atoms with van der Waals surface area (Å²) in [4.78, 5) is 47.0. The molecule has 0 radical (unpaired) electrons. The molecule has 1 aromatic heterocycles. The van der Waals surface area contributed by atoms with Gasteiger partial charge in [0, 0.05) is 25.4 Å². The van der Waals surface area contributed by atoms with Crippen molar-refractivity contribution in [2.45, 2.75) is 45.3 Å². The van der Waals surface area contributed by atoms with Gasteiger partial charge in [-0.25, -0.2) is 4.98 Å². The minimum Gasteiger partial charge on any atom is -0.350 e. The summed E-state index contributed by atoms with van der Waals surface area (Å²) in [6, 6.07) is 17.3. The number of amides is 3. The fourth-order valence-corrected chi connectivity index (χ4v) is 3.59. The lowest BCUT2D eigenvalue weighted by molar-refractivity contribution is -0.130. The molecule has 0 saturated heterocycles. The molecule has 0 aliphatic carbocycles. The fraction of sp³-hybridized carbons (Fsp3) is 0.296. The quantitative estimate of drug-likeness (QED) is 0.396. The van der Waals surface area contributed by atoms with Crippen molar-refractivity contribution >= 4 is 17.7 Å². The smallest absolute Gasteiger partial charge is 0.272 e. The molecule has 8 nitrogen and oxygen atoms in total. The van der Waals surface area contributed by atoms with E-state index < -0.39 is 23.9 Å². The summed E-state index contributed by atoms with van der Waals surface area (Å²) in [7, 11) is 0. The van der Waals surface area contributed by atoms with Gasteiger partial charge in [-0.1, -0.05) is 74.5 Å². The Kier molecular flexibility index (Phi) is 9.48. The molecule has 0 aliphatic heterocycles. The Labute approximate surface area is 205 Å². The molecule has 35 heavy (non-hydrogen) atoms. The van der Waals surface area contributed by atoms with Gasteiger partial charge in [-0.2, -0.15) is 0 Å². The van der Waals surface area contributed by atoms with Crippen LogP contribution < -0.4 is 16.0 Å². The van der Waals surface area contributed by atoms with Crippen LogP contribution >= 0.6 is 0 Å². The van der Waals surface area contributed by atoms with Gasteiger partial charge in [0.2, 0.25) is 11.8 Å². The Balaban J connectivity index is 1.73. The average molecular weight is 474 g/mol. The highest BCUT2D eigenvalue weighted by Gasteiger charge is 2.28. The third-order valence-electron chi connectivity index (χ3n) is 5.35. The van der Waals surface area contributed by atoms with Crippen molar-refractivity contribution in [1.82, 2.24) is 25.9 Å². The van der Waals surface area contributed by atoms with E-state index in [2.05, 4.69) is 25.9 Å². The van der Waals surface area contributed by atoms with Crippen molar-refractivity contribution < 1.29 is 14.4 Å². The topological polar surface area (TPSA) is 113 Å². The number of carbonyl (C=O) groups is 3. The molecule has 0 spiro atoms. The molecule has 3 N–H and O–H groups in total. The van der Waals surface area contributed by atoms with E-state index in [0.717, 1.165) is 11.1 Å². The zero-order valence-electron chi connectivity index (χ0n) is 20.0. The molecule has 2 aromatic carbocycles. The molecule has 3 rings (SSSR count). The van der Waals surface area contributed by atoms with Crippen LogP contribution in [0.25, 0.3) is 0 Å². The number of nitrogens with one attached hydrogen (secondary N) is 3. The third-order valence-corrected chi connectivity index (χ3v) is 5.35. The lowest BCUT2D eigenvalue weighted by Crippen LogP contribution is -2.54. The van der Waals surface area contributed by atoms with E-state index in [0.29, 0.717) is 13.0 Å². The van der Waals surface area contributed by atoms with Crippen LogP contribution in [0, 0.1) is 5.92 Å². The predicted molar refractivity (Wildman–Crippen MR) is 133 cm³/mol. The van der Waals surface area contributed by atoms with Crippen LogP contribution in [0.1, 0.15) is 41.9 Å². The summed E-state index contributed by atoms with van der Waals surface area (Å²) < 4.78 is 0. The van der Waals surface area contributed by atoms with Gasteiger partial charge in [-0.05, 0) is 23.5 Å². The summed E-state index contributed by atoms with van der Waals surface area (Å²) in [5.41, 5.74) is 1.95. The molecule has 0 fully saturated rings. The van der Waals surface area contributed by atoms with E-state index in [9.17, 15) is 14.4 Å². The Morgan fingerprint density at radius 2 is 1.46 bits per heavy atom.